The summed E-state index contributed by atoms with van der Waals surface area (Å²) in [7, 11) is 1.65. The minimum absolute atomic E-state index is 0.200. The van der Waals surface area contributed by atoms with Gasteiger partial charge in [-0.05, 0) is 19.3 Å². The minimum atomic E-state index is 0.200. The fraction of sp³-hybridized carbons (Fsp3) is 0.929. The van der Waals surface area contributed by atoms with Gasteiger partial charge in [0.05, 0.1) is 13.2 Å². The van der Waals surface area contributed by atoms with Gasteiger partial charge in [0, 0.05) is 13.5 Å². The lowest BCUT2D eigenvalue weighted by Gasteiger charge is -2.17. The van der Waals surface area contributed by atoms with Gasteiger partial charge in [-0.25, -0.2) is 0 Å². The second-order valence-corrected chi connectivity index (χ2v) is 9.01. The van der Waals surface area contributed by atoms with E-state index >= 15 is 0 Å². The first-order valence-corrected chi connectivity index (χ1v) is 13.9. The third kappa shape index (κ3) is 21.0. The number of rotatable bonds is 26. The van der Waals surface area contributed by atoms with E-state index in [1.165, 1.54) is 96.3 Å². The molecule has 4 nitrogen and oxygen atoms in total. The van der Waals surface area contributed by atoms with Crippen molar-refractivity contribution in [3.8, 4) is 0 Å². The Morgan fingerprint density at radius 1 is 0.469 bits per heavy atom. The first kappa shape index (κ1) is 31.1. The smallest absolute Gasteiger partial charge is 0.321 e. The van der Waals surface area contributed by atoms with Crippen LogP contribution in [0.3, 0.4) is 0 Å². The molecule has 0 aliphatic rings. The molecule has 0 bridgehead atoms. The summed E-state index contributed by atoms with van der Waals surface area (Å²) in [6, 6.07) is 0. The summed E-state index contributed by atoms with van der Waals surface area (Å²) in [6.07, 6.45) is 23.6. The predicted octanol–water partition coefficient (Wildman–Crippen LogP) is 9.28. The number of methoxy groups -OCH3 is 1. The van der Waals surface area contributed by atoms with Crippen LogP contribution in [-0.4, -0.2) is 27.1 Å². The highest BCUT2D eigenvalue weighted by atomic mass is 16.7. The van der Waals surface area contributed by atoms with E-state index in [9.17, 15) is 0 Å². The Bertz CT molecular complexity index is 395. The Kier molecular flexibility index (Phi) is 25.6. The van der Waals surface area contributed by atoms with E-state index in [0.717, 1.165) is 38.0 Å². The van der Waals surface area contributed by atoms with Crippen LogP contribution < -0.4 is 0 Å². The Balaban J connectivity index is 4.61. The molecular formula is C28H56O4. The minimum Gasteiger partial charge on any atom is -0.491 e. The van der Waals surface area contributed by atoms with E-state index in [1.54, 1.807) is 7.11 Å². The molecular weight excluding hydrogens is 400 g/mol. The van der Waals surface area contributed by atoms with Crippen LogP contribution >= 0.6 is 0 Å². The Hall–Kier alpha value is -0.900. The normalized spacial score (nSPS) is 12.0. The number of hydrogen-bond acceptors (Lipinski definition) is 4. The summed E-state index contributed by atoms with van der Waals surface area (Å²) in [5.41, 5.74) is 0. The Morgan fingerprint density at radius 3 is 1.41 bits per heavy atom. The number of ether oxygens (including phenoxy) is 4. The summed E-state index contributed by atoms with van der Waals surface area (Å²) < 4.78 is 23.2. The van der Waals surface area contributed by atoms with Crippen LogP contribution in [0.15, 0.2) is 11.7 Å². The SMILES string of the molecule is CCCCCCCCCCC(OCCCCCCC)=C(OCCCCCCC)OCOC. The fourth-order valence-electron chi connectivity index (χ4n) is 3.74. The third-order valence-electron chi connectivity index (χ3n) is 5.80. The maximum absolute atomic E-state index is 6.21. The van der Waals surface area contributed by atoms with Gasteiger partial charge in [-0.3, -0.25) is 0 Å². The van der Waals surface area contributed by atoms with Crippen LogP contribution in [0.1, 0.15) is 143 Å². The molecule has 0 saturated carbocycles. The second kappa shape index (κ2) is 26.4. The first-order valence-electron chi connectivity index (χ1n) is 13.9. The van der Waals surface area contributed by atoms with Gasteiger partial charge < -0.3 is 18.9 Å². The van der Waals surface area contributed by atoms with Crippen LogP contribution in [-0.2, 0) is 18.9 Å². The monoisotopic (exact) mass is 456 g/mol. The predicted molar refractivity (Wildman–Crippen MR) is 137 cm³/mol. The zero-order valence-corrected chi connectivity index (χ0v) is 22.2. The van der Waals surface area contributed by atoms with Gasteiger partial charge in [-0.2, -0.15) is 0 Å². The average molecular weight is 457 g/mol. The molecule has 0 aliphatic heterocycles. The molecule has 4 heteroatoms. The summed E-state index contributed by atoms with van der Waals surface area (Å²) in [5, 5.41) is 0. The largest absolute Gasteiger partial charge is 0.491 e. The van der Waals surface area contributed by atoms with Crippen molar-refractivity contribution in [2.45, 2.75) is 143 Å². The van der Waals surface area contributed by atoms with Gasteiger partial charge in [0.25, 0.3) is 0 Å². The summed E-state index contributed by atoms with van der Waals surface area (Å²) >= 11 is 0. The van der Waals surface area contributed by atoms with Gasteiger partial charge in [0.15, 0.2) is 12.6 Å². The molecule has 192 valence electrons. The second-order valence-electron chi connectivity index (χ2n) is 9.01. The topological polar surface area (TPSA) is 36.9 Å². The van der Waals surface area contributed by atoms with Gasteiger partial charge >= 0.3 is 5.95 Å². The van der Waals surface area contributed by atoms with Crippen LogP contribution in [0.2, 0.25) is 0 Å². The number of unbranched alkanes of at least 4 members (excludes halogenated alkanes) is 15. The molecule has 0 unspecified atom stereocenters. The van der Waals surface area contributed by atoms with E-state index in [2.05, 4.69) is 20.8 Å². The third-order valence-corrected chi connectivity index (χ3v) is 5.80. The molecule has 0 radical (unpaired) electrons. The van der Waals surface area contributed by atoms with Crippen molar-refractivity contribution in [3.63, 3.8) is 0 Å². The van der Waals surface area contributed by atoms with E-state index in [-0.39, 0.29) is 6.79 Å². The first-order chi connectivity index (χ1) is 15.8. The Morgan fingerprint density at radius 2 is 0.906 bits per heavy atom. The summed E-state index contributed by atoms with van der Waals surface area (Å²) in [4.78, 5) is 0. The molecule has 0 fully saturated rings. The molecule has 0 aliphatic carbocycles. The standard InChI is InChI=1S/C28H56O4/c1-5-8-11-14-15-16-17-20-23-27(30-24-21-18-12-9-6-2)28(32-26-29-4)31-25-22-19-13-10-7-3/h5-26H2,1-4H3. The quantitative estimate of drug-likeness (QED) is 0.0738. The fourth-order valence-corrected chi connectivity index (χ4v) is 3.74. The summed E-state index contributed by atoms with van der Waals surface area (Å²) in [6.45, 7) is 8.40. The van der Waals surface area contributed by atoms with Crippen molar-refractivity contribution in [2.75, 3.05) is 27.1 Å². The number of allylic oxidation sites excluding steroid dienone is 1. The molecule has 0 saturated heterocycles. The molecule has 0 spiro atoms. The molecule has 0 aromatic rings. The molecule has 0 rings (SSSR count). The van der Waals surface area contributed by atoms with Crippen LogP contribution in [0.5, 0.6) is 0 Å². The van der Waals surface area contributed by atoms with Gasteiger partial charge in [-0.15, -0.1) is 0 Å². The van der Waals surface area contributed by atoms with Crippen molar-refractivity contribution in [1.82, 2.24) is 0 Å². The van der Waals surface area contributed by atoms with Crippen LogP contribution in [0.25, 0.3) is 0 Å². The molecule has 0 atom stereocenters. The van der Waals surface area contributed by atoms with Crippen LogP contribution in [0, 0.1) is 0 Å². The van der Waals surface area contributed by atoms with Crippen molar-refractivity contribution in [3.05, 3.63) is 11.7 Å². The average Bonchev–Trinajstić information content (AvgIpc) is 2.81. The van der Waals surface area contributed by atoms with Crippen LogP contribution in [0.4, 0.5) is 0 Å². The van der Waals surface area contributed by atoms with E-state index < -0.39 is 0 Å². The maximum Gasteiger partial charge on any atom is 0.321 e. The van der Waals surface area contributed by atoms with E-state index in [1.807, 2.05) is 0 Å². The molecule has 0 heterocycles. The summed E-state index contributed by atoms with van der Waals surface area (Å²) in [5.74, 6) is 1.44. The molecule has 0 aromatic carbocycles. The highest BCUT2D eigenvalue weighted by Gasteiger charge is 2.13. The lowest BCUT2D eigenvalue weighted by molar-refractivity contribution is -0.0692. The Labute approximate surface area is 200 Å². The molecule has 0 aromatic heterocycles. The number of hydrogen-bond donors (Lipinski definition) is 0. The maximum atomic E-state index is 6.21. The zero-order valence-electron chi connectivity index (χ0n) is 22.2. The molecule has 32 heavy (non-hydrogen) atoms. The highest BCUT2D eigenvalue weighted by Crippen LogP contribution is 2.20. The van der Waals surface area contributed by atoms with Gasteiger partial charge in [0.2, 0.25) is 0 Å². The molecule has 0 amide bonds. The zero-order chi connectivity index (χ0) is 23.5. The van der Waals surface area contributed by atoms with Crippen molar-refractivity contribution < 1.29 is 18.9 Å². The van der Waals surface area contributed by atoms with Crippen molar-refractivity contribution >= 4 is 0 Å². The van der Waals surface area contributed by atoms with E-state index in [0.29, 0.717) is 12.6 Å². The van der Waals surface area contributed by atoms with Gasteiger partial charge in [0.1, 0.15) is 0 Å². The van der Waals surface area contributed by atoms with Crippen molar-refractivity contribution in [2.24, 2.45) is 0 Å². The van der Waals surface area contributed by atoms with Gasteiger partial charge in [-0.1, -0.05) is 117 Å². The lowest BCUT2D eigenvalue weighted by atomic mass is 10.1. The highest BCUT2D eigenvalue weighted by molar-refractivity contribution is 4.95. The lowest BCUT2D eigenvalue weighted by Crippen LogP contribution is -2.09. The van der Waals surface area contributed by atoms with Crippen molar-refractivity contribution in [1.29, 1.82) is 0 Å². The molecule has 0 N–H and O–H groups in total. The van der Waals surface area contributed by atoms with E-state index in [4.69, 9.17) is 18.9 Å².